The number of halogens is 1. The van der Waals surface area contributed by atoms with E-state index in [1.165, 1.54) is 12.1 Å². The lowest BCUT2D eigenvalue weighted by atomic mass is 10.0. The average Bonchev–Trinajstić information content (AvgIpc) is 3.01. The number of anilines is 1. The summed E-state index contributed by atoms with van der Waals surface area (Å²) in [6.07, 6.45) is 1.73. The fraction of sp³-hybridized carbons (Fsp3) is 0.389. The van der Waals surface area contributed by atoms with Crippen LogP contribution in [0.25, 0.3) is 0 Å². The number of nitrogens with zero attached hydrogens (tertiary/aromatic N) is 1. The molecule has 6 heteroatoms. The molecule has 1 fully saturated rings. The standard InChI is InChI=1S/C18H22FN3O2/c1-12-15(5-6-20-12)18(23)21-13(2)16-11-14(19)3-4-17(16)22-7-9-24-10-8-22/h3-6,11,13,20H,7-10H2,1-2H3,(H,21,23)/t13-/m1/s1. The Kier molecular flexibility index (Phi) is 4.85. The summed E-state index contributed by atoms with van der Waals surface area (Å²) >= 11 is 0. The van der Waals surface area contributed by atoms with Crippen LogP contribution in [0.15, 0.2) is 30.5 Å². The van der Waals surface area contributed by atoms with Gasteiger partial charge in [-0.2, -0.15) is 0 Å². The van der Waals surface area contributed by atoms with Gasteiger partial charge in [0.1, 0.15) is 5.82 Å². The predicted octanol–water partition coefficient (Wildman–Crippen LogP) is 2.79. The van der Waals surface area contributed by atoms with E-state index in [9.17, 15) is 9.18 Å². The van der Waals surface area contributed by atoms with Crippen molar-refractivity contribution in [1.29, 1.82) is 0 Å². The minimum atomic E-state index is -0.305. The molecule has 1 aromatic heterocycles. The summed E-state index contributed by atoms with van der Waals surface area (Å²) in [6, 6.07) is 6.17. The van der Waals surface area contributed by atoms with Crippen LogP contribution in [-0.2, 0) is 4.74 Å². The van der Waals surface area contributed by atoms with Crippen molar-refractivity contribution in [3.8, 4) is 0 Å². The molecule has 1 aromatic carbocycles. The van der Waals surface area contributed by atoms with Gasteiger partial charge in [-0.25, -0.2) is 4.39 Å². The van der Waals surface area contributed by atoms with E-state index in [0.717, 1.165) is 30.0 Å². The number of hydrogen-bond acceptors (Lipinski definition) is 3. The number of benzene rings is 1. The second-order valence-corrected chi connectivity index (χ2v) is 6.01. The number of H-pyrrole nitrogens is 1. The molecule has 2 aromatic rings. The monoisotopic (exact) mass is 331 g/mol. The third-order valence-electron chi connectivity index (χ3n) is 4.35. The maximum atomic E-state index is 13.8. The van der Waals surface area contributed by atoms with Crippen LogP contribution in [-0.4, -0.2) is 37.2 Å². The molecule has 2 N–H and O–H groups in total. The van der Waals surface area contributed by atoms with Gasteiger partial charge in [0.25, 0.3) is 5.91 Å². The minimum absolute atomic E-state index is 0.168. The molecule has 1 amide bonds. The highest BCUT2D eigenvalue weighted by Gasteiger charge is 2.21. The smallest absolute Gasteiger partial charge is 0.253 e. The Labute approximate surface area is 140 Å². The van der Waals surface area contributed by atoms with Crippen LogP contribution < -0.4 is 10.2 Å². The van der Waals surface area contributed by atoms with Gasteiger partial charge in [-0.05, 0) is 38.1 Å². The van der Waals surface area contributed by atoms with Crippen molar-refractivity contribution >= 4 is 11.6 Å². The van der Waals surface area contributed by atoms with Gasteiger partial charge in [0, 0.05) is 36.2 Å². The maximum absolute atomic E-state index is 13.8. The molecular weight excluding hydrogens is 309 g/mol. The number of ether oxygens (including phenoxy) is 1. The predicted molar refractivity (Wildman–Crippen MR) is 90.8 cm³/mol. The Bertz CT molecular complexity index is 723. The van der Waals surface area contributed by atoms with E-state index in [1.54, 1.807) is 18.3 Å². The summed E-state index contributed by atoms with van der Waals surface area (Å²) in [4.78, 5) is 17.6. The number of aryl methyl sites for hydroxylation is 1. The lowest BCUT2D eigenvalue weighted by Crippen LogP contribution is -2.37. The van der Waals surface area contributed by atoms with Crippen LogP contribution in [0.2, 0.25) is 0 Å². The normalized spacial score (nSPS) is 16.0. The molecule has 1 aliphatic rings. The van der Waals surface area contributed by atoms with Crippen LogP contribution in [0, 0.1) is 12.7 Å². The van der Waals surface area contributed by atoms with Gasteiger partial charge >= 0.3 is 0 Å². The average molecular weight is 331 g/mol. The van der Waals surface area contributed by atoms with Gasteiger partial charge in [0.2, 0.25) is 0 Å². The number of morpholine rings is 1. The van der Waals surface area contributed by atoms with Crippen LogP contribution in [0.1, 0.15) is 34.6 Å². The molecule has 0 spiro atoms. The third kappa shape index (κ3) is 3.43. The summed E-state index contributed by atoms with van der Waals surface area (Å²) in [5.74, 6) is -0.473. The molecule has 128 valence electrons. The highest BCUT2D eigenvalue weighted by molar-refractivity contribution is 5.95. The van der Waals surface area contributed by atoms with Crippen molar-refractivity contribution in [2.75, 3.05) is 31.2 Å². The van der Waals surface area contributed by atoms with Crippen molar-refractivity contribution < 1.29 is 13.9 Å². The van der Waals surface area contributed by atoms with E-state index in [4.69, 9.17) is 4.74 Å². The van der Waals surface area contributed by atoms with Crippen LogP contribution in [0.4, 0.5) is 10.1 Å². The number of rotatable bonds is 4. The number of aromatic nitrogens is 1. The summed E-state index contributed by atoms with van der Waals surface area (Å²) in [5.41, 5.74) is 3.13. The van der Waals surface area contributed by atoms with E-state index in [1.807, 2.05) is 13.8 Å². The molecule has 0 aliphatic carbocycles. The molecule has 0 saturated carbocycles. The Morgan fingerprint density at radius 1 is 1.33 bits per heavy atom. The topological polar surface area (TPSA) is 57.4 Å². The summed E-state index contributed by atoms with van der Waals surface area (Å²) in [7, 11) is 0. The number of amides is 1. The number of aromatic amines is 1. The number of hydrogen-bond donors (Lipinski definition) is 2. The summed E-state index contributed by atoms with van der Waals surface area (Å²) in [5, 5.41) is 2.96. The first-order valence-electron chi connectivity index (χ1n) is 8.13. The first-order valence-corrected chi connectivity index (χ1v) is 8.13. The molecule has 5 nitrogen and oxygen atoms in total. The van der Waals surface area contributed by atoms with Gasteiger partial charge in [-0.3, -0.25) is 4.79 Å². The van der Waals surface area contributed by atoms with E-state index in [-0.39, 0.29) is 17.8 Å². The van der Waals surface area contributed by atoms with Crippen molar-refractivity contribution in [3.05, 3.63) is 53.1 Å². The largest absolute Gasteiger partial charge is 0.378 e. The lowest BCUT2D eigenvalue weighted by molar-refractivity contribution is 0.0939. The minimum Gasteiger partial charge on any atom is -0.378 e. The van der Waals surface area contributed by atoms with E-state index in [2.05, 4.69) is 15.2 Å². The highest BCUT2D eigenvalue weighted by atomic mass is 19.1. The fourth-order valence-corrected chi connectivity index (χ4v) is 3.02. The second kappa shape index (κ2) is 7.05. The van der Waals surface area contributed by atoms with Crippen LogP contribution in [0.5, 0.6) is 0 Å². The highest BCUT2D eigenvalue weighted by Crippen LogP contribution is 2.28. The first kappa shape index (κ1) is 16.5. The molecule has 0 radical (unpaired) electrons. The molecule has 1 atom stereocenters. The van der Waals surface area contributed by atoms with Crippen molar-refractivity contribution in [3.63, 3.8) is 0 Å². The Morgan fingerprint density at radius 2 is 2.08 bits per heavy atom. The Morgan fingerprint density at radius 3 is 2.75 bits per heavy atom. The molecular formula is C18H22FN3O2. The zero-order valence-electron chi connectivity index (χ0n) is 13.9. The molecule has 1 saturated heterocycles. The molecule has 3 rings (SSSR count). The van der Waals surface area contributed by atoms with Gasteiger partial charge in [0.05, 0.1) is 24.8 Å². The number of carbonyl (C=O) groups is 1. The van der Waals surface area contributed by atoms with E-state index >= 15 is 0 Å². The Hall–Kier alpha value is -2.34. The summed E-state index contributed by atoms with van der Waals surface area (Å²) < 4.78 is 19.2. The fourth-order valence-electron chi connectivity index (χ4n) is 3.02. The van der Waals surface area contributed by atoms with E-state index < -0.39 is 0 Å². The zero-order valence-corrected chi connectivity index (χ0v) is 13.9. The van der Waals surface area contributed by atoms with Crippen molar-refractivity contribution in [2.24, 2.45) is 0 Å². The second-order valence-electron chi connectivity index (χ2n) is 6.01. The van der Waals surface area contributed by atoms with Crippen LogP contribution in [0.3, 0.4) is 0 Å². The third-order valence-corrected chi connectivity index (χ3v) is 4.35. The van der Waals surface area contributed by atoms with Gasteiger partial charge in [-0.15, -0.1) is 0 Å². The van der Waals surface area contributed by atoms with Crippen molar-refractivity contribution in [2.45, 2.75) is 19.9 Å². The van der Waals surface area contributed by atoms with Gasteiger partial charge < -0.3 is 19.9 Å². The van der Waals surface area contributed by atoms with Gasteiger partial charge in [0.15, 0.2) is 0 Å². The van der Waals surface area contributed by atoms with Crippen molar-refractivity contribution in [1.82, 2.24) is 10.3 Å². The number of nitrogens with one attached hydrogen (secondary N) is 2. The Balaban J connectivity index is 1.83. The number of carbonyl (C=O) groups excluding carboxylic acids is 1. The van der Waals surface area contributed by atoms with E-state index in [0.29, 0.717) is 18.8 Å². The maximum Gasteiger partial charge on any atom is 0.253 e. The molecule has 2 heterocycles. The molecule has 24 heavy (non-hydrogen) atoms. The zero-order chi connectivity index (χ0) is 17.1. The lowest BCUT2D eigenvalue weighted by Gasteiger charge is -2.32. The molecule has 0 bridgehead atoms. The summed E-state index contributed by atoms with van der Waals surface area (Å²) in [6.45, 7) is 6.55. The SMILES string of the molecule is Cc1[nH]ccc1C(=O)N[C@H](C)c1cc(F)ccc1N1CCOCC1. The molecule has 0 unspecified atom stereocenters. The van der Waals surface area contributed by atoms with Gasteiger partial charge in [-0.1, -0.05) is 0 Å². The quantitative estimate of drug-likeness (QED) is 0.906. The molecule has 1 aliphatic heterocycles. The van der Waals surface area contributed by atoms with Crippen LogP contribution >= 0.6 is 0 Å². The first-order chi connectivity index (χ1) is 11.6.